The Morgan fingerprint density at radius 1 is 1.35 bits per heavy atom. The second kappa shape index (κ2) is 4.07. The zero-order valence-electron chi connectivity index (χ0n) is 9.86. The fourth-order valence-corrected chi connectivity index (χ4v) is 3.02. The highest BCUT2D eigenvalue weighted by Crippen LogP contribution is 2.44. The molecule has 1 aliphatic heterocycles. The molecular formula is C14H18FNO. The van der Waals surface area contributed by atoms with Crippen molar-refractivity contribution in [2.24, 2.45) is 5.73 Å². The topological polar surface area (TPSA) is 35.2 Å². The number of fused-ring (bicyclic) bond motifs is 1. The molecule has 0 bridgehead atoms. The molecule has 17 heavy (non-hydrogen) atoms. The molecule has 2 N–H and O–H groups in total. The largest absolute Gasteiger partial charge is 0.373 e. The van der Waals surface area contributed by atoms with Gasteiger partial charge in [-0.3, -0.25) is 0 Å². The summed E-state index contributed by atoms with van der Waals surface area (Å²) >= 11 is 0. The van der Waals surface area contributed by atoms with Crippen molar-refractivity contribution < 1.29 is 9.13 Å². The fourth-order valence-electron chi connectivity index (χ4n) is 3.02. The van der Waals surface area contributed by atoms with E-state index in [0.717, 1.165) is 12.0 Å². The lowest BCUT2D eigenvalue weighted by atomic mass is 9.73. The van der Waals surface area contributed by atoms with Gasteiger partial charge in [-0.1, -0.05) is 24.3 Å². The number of rotatable bonds is 2. The first kappa shape index (κ1) is 11.2. The molecule has 2 aliphatic rings. The smallest absolute Gasteiger partial charge is 0.116 e. The van der Waals surface area contributed by atoms with E-state index in [0.29, 0.717) is 25.9 Å². The molecule has 3 heteroatoms. The van der Waals surface area contributed by atoms with Crippen LogP contribution in [0.2, 0.25) is 0 Å². The van der Waals surface area contributed by atoms with Crippen molar-refractivity contribution in [2.75, 3.05) is 6.61 Å². The minimum Gasteiger partial charge on any atom is -0.373 e. The molecule has 0 aromatic heterocycles. The van der Waals surface area contributed by atoms with Crippen LogP contribution in [0, 0.1) is 0 Å². The Hall–Kier alpha value is -0.930. The molecule has 0 saturated heterocycles. The predicted molar refractivity (Wildman–Crippen MR) is 64.5 cm³/mol. The van der Waals surface area contributed by atoms with E-state index >= 15 is 0 Å². The third kappa shape index (κ3) is 2.09. The summed E-state index contributed by atoms with van der Waals surface area (Å²) in [5.41, 5.74) is 7.04. The van der Waals surface area contributed by atoms with Gasteiger partial charge in [-0.15, -0.1) is 0 Å². The molecule has 1 aromatic rings. The number of nitrogens with two attached hydrogens (primary N) is 1. The SMILES string of the molecule is NC1CC(F)(CC2OCCc3ccccc32)C1. The summed E-state index contributed by atoms with van der Waals surface area (Å²) in [4.78, 5) is 0. The van der Waals surface area contributed by atoms with E-state index in [1.807, 2.05) is 12.1 Å². The van der Waals surface area contributed by atoms with Crippen molar-refractivity contribution in [3.8, 4) is 0 Å². The van der Waals surface area contributed by atoms with E-state index in [1.54, 1.807) is 0 Å². The normalized spacial score (nSPS) is 36.1. The van der Waals surface area contributed by atoms with Gasteiger partial charge in [-0.05, 0) is 30.4 Å². The van der Waals surface area contributed by atoms with Crippen LogP contribution < -0.4 is 5.73 Å². The number of alkyl halides is 1. The maximum absolute atomic E-state index is 14.3. The average Bonchev–Trinajstić information content (AvgIpc) is 2.28. The summed E-state index contributed by atoms with van der Waals surface area (Å²) in [5.74, 6) is 0. The van der Waals surface area contributed by atoms with Crippen LogP contribution in [0.25, 0.3) is 0 Å². The standard InChI is InChI=1S/C14H18FNO/c15-14(7-11(16)8-14)9-13-12-4-2-1-3-10(12)5-6-17-13/h1-4,11,13H,5-9,16H2. The second-order valence-corrected chi connectivity index (χ2v) is 5.33. The Morgan fingerprint density at radius 3 is 2.88 bits per heavy atom. The summed E-state index contributed by atoms with van der Waals surface area (Å²) in [6.45, 7) is 0.698. The molecule has 92 valence electrons. The van der Waals surface area contributed by atoms with Crippen LogP contribution >= 0.6 is 0 Å². The minimum absolute atomic E-state index is 0.0406. The molecule has 1 heterocycles. The number of halogens is 1. The van der Waals surface area contributed by atoms with E-state index in [2.05, 4.69) is 12.1 Å². The van der Waals surface area contributed by atoms with Crippen LogP contribution in [-0.2, 0) is 11.2 Å². The van der Waals surface area contributed by atoms with Crippen molar-refractivity contribution in [1.82, 2.24) is 0 Å². The second-order valence-electron chi connectivity index (χ2n) is 5.33. The lowest BCUT2D eigenvalue weighted by Crippen LogP contribution is -2.49. The van der Waals surface area contributed by atoms with Crippen LogP contribution in [-0.4, -0.2) is 18.3 Å². The molecule has 3 rings (SSSR count). The van der Waals surface area contributed by atoms with Crippen molar-refractivity contribution in [2.45, 2.75) is 43.5 Å². The highest BCUT2D eigenvalue weighted by Gasteiger charge is 2.45. The highest BCUT2D eigenvalue weighted by molar-refractivity contribution is 5.31. The fraction of sp³-hybridized carbons (Fsp3) is 0.571. The first-order valence-electron chi connectivity index (χ1n) is 6.30. The molecule has 1 fully saturated rings. The predicted octanol–water partition coefficient (Wildman–Crippen LogP) is 2.52. The lowest BCUT2D eigenvalue weighted by molar-refractivity contribution is -0.0445. The molecule has 0 spiro atoms. The third-order valence-corrected chi connectivity index (χ3v) is 3.90. The van der Waals surface area contributed by atoms with Gasteiger partial charge < -0.3 is 10.5 Å². The summed E-state index contributed by atoms with van der Waals surface area (Å²) in [7, 11) is 0. The Labute approximate surface area is 101 Å². The van der Waals surface area contributed by atoms with Crippen molar-refractivity contribution in [1.29, 1.82) is 0 Å². The maximum atomic E-state index is 14.3. The maximum Gasteiger partial charge on any atom is 0.116 e. The van der Waals surface area contributed by atoms with Crippen LogP contribution in [0.15, 0.2) is 24.3 Å². The summed E-state index contributed by atoms with van der Waals surface area (Å²) in [5, 5.41) is 0. The van der Waals surface area contributed by atoms with E-state index in [1.165, 1.54) is 5.56 Å². The molecule has 1 atom stereocenters. The van der Waals surface area contributed by atoms with E-state index in [9.17, 15) is 4.39 Å². The third-order valence-electron chi connectivity index (χ3n) is 3.90. The Bertz CT molecular complexity index is 414. The minimum atomic E-state index is -1.10. The monoisotopic (exact) mass is 235 g/mol. The van der Waals surface area contributed by atoms with E-state index in [4.69, 9.17) is 10.5 Å². The van der Waals surface area contributed by atoms with Gasteiger partial charge in [-0.2, -0.15) is 0 Å². The van der Waals surface area contributed by atoms with Gasteiger partial charge in [0.25, 0.3) is 0 Å². The van der Waals surface area contributed by atoms with Crippen molar-refractivity contribution in [3.63, 3.8) is 0 Å². The Kier molecular flexibility index (Phi) is 2.68. The van der Waals surface area contributed by atoms with Gasteiger partial charge in [0.15, 0.2) is 0 Å². The summed E-state index contributed by atoms with van der Waals surface area (Å²) < 4.78 is 20.0. The van der Waals surface area contributed by atoms with Gasteiger partial charge in [0.1, 0.15) is 5.67 Å². The number of hydrogen-bond acceptors (Lipinski definition) is 2. The van der Waals surface area contributed by atoms with Gasteiger partial charge in [-0.25, -0.2) is 4.39 Å². The average molecular weight is 235 g/mol. The quantitative estimate of drug-likeness (QED) is 0.855. The van der Waals surface area contributed by atoms with E-state index in [-0.39, 0.29) is 12.1 Å². The molecule has 1 aliphatic carbocycles. The zero-order valence-corrected chi connectivity index (χ0v) is 9.86. The Morgan fingerprint density at radius 2 is 2.12 bits per heavy atom. The van der Waals surface area contributed by atoms with Crippen LogP contribution in [0.5, 0.6) is 0 Å². The van der Waals surface area contributed by atoms with Gasteiger partial charge in [0, 0.05) is 12.5 Å². The molecule has 2 nitrogen and oxygen atoms in total. The molecule has 1 saturated carbocycles. The van der Waals surface area contributed by atoms with Crippen LogP contribution in [0.4, 0.5) is 4.39 Å². The van der Waals surface area contributed by atoms with Crippen LogP contribution in [0.1, 0.15) is 36.5 Å². The number of hydrogen-bond donors (Lipinski definition) is 1. The van der Waals surface area contributed by atoms with Gasteiger partial charge in [0.05, 0.1) is 12.7 Å². The van der Waals surface area contributed by atoms with Crippen molar-refractivity contribution in [3.05, 3.63) is 35.4 Å². The molecular weight excluding hydrogens is 217 g/mol. The lowest BCUT2D eigenvalue weighted by Gasteiger charge is -2.42. The van der Waals surface area contributed by atoms with Gasteiger partial charge in [0.2, 0.25) is 0 Å². The number of ether oxygens (including phenoxy) is 1. The van der Waals surface area contributed by atoms with Gasteiger partial charge >= 0.3 is 0 Å². The Balaban J connectivity index is 1.77. The number of benzene rings is 1. The molecule has 0 amide bonds. The summed E-state index contributed by atoms with van der Waals surface area (Å²) in [6, 6.07) is 8.24. The summed E-state index contributed by atoms with van der Waals surface area (Å²) in [6.07, 6.45) is 2.27. The molecule has 1 unspecified atom stereocenters. The highest BCUT2D eigenvalue weighted by atomic mass is 19.1. The first-order valence-corrected chi connectivity index (χ1v) is 6.30. The first-order chi connectivity index (χ1) is 8.16. The zero-order chi connectivity index (χ0) is 11.9. The molecule has 0 radical (unpaired) electrons. The molecule has 1 aromatic carbocycles. The van der Waals surface area contributed by atoms with E-state index < -0.39 is 5.67 Å². The van der Waals surface area contributed by atoms with Crippen molar-refractivity contribution >= 4 is 0 Å². The van der Waals surface area contributed by atoms with Crippen LogP contribution in [0.3, 0.4) is 0 Å².